The van der Waals surface area contributed by atoms with Gasteiger partial charge >= 0.3 is 12.1 Å². The first-order valence-corrected chi connectivity index (χ1v) is 13.3. The van der Waals surface area contributed by atoms with E-state index in [1.165, 1.54) is 12.1 Å². The van der Waals surface area contributed by atoms with Crippen molar-refractivity contribution in [2.24, 2.45) is 5.92 Å². The van der Waals surface area contributed by atoms with Crippen LogP contribution in [0.2, 0.25) is 0 Å². The Morgan fingerprint density at radius 1 is 1.08 bits per heavy atom. The molecule has 2 aliphatic carbocycles. The van der Waals surface area contributed by atoms with Crippen molar-refractivity contribution < 1.29 is 36.6 Å². The summed E-state index contributed by atoms with van der Waals surface area (Å²) >= 11 is 0. The molecule has 1 saturated heterocycles. The molecule has 2 aromatic rings. The zero-order valence-electron chi connectivity index (χ0n) is 21.6. The van der Waals surface area contributed by atoms with E-state index in [1.54, 1.807) is 23.2 Å². The second-order valence-electron chi connectivity index (χ2n) is 11.4. The van der Waals surface area contributed by atoms with E-state index in [2.05, 4.69) is 4.98 Å². The third kappa shape index (κ3) is 4.59. The van der Waals surface area contributed by atoms with Gasteiger partial charge < -0.3 is 10.0 Å². The van der Waals surface area contributed by atoms with Crippen LogP contribution in [-0.4, -0.2) is 51.3 Å². The van der Waals surface area contributed by atoms with E-state index in [-0.39, 0.29) is 32.2 Å². The molecule has 210 valence electrons. The predicted octanol–water partition coefficient (Wildman–Crippen LogP) is 5.84. The Morgan fingerprint density at radius 3 is 2.41 bits per heavy atom. The summed E-state index contributed by atoms with van der Waals surface area (Å²) < 4.78 is 71.2. The number of nitrogens with zero attached hydrogens (tertiary/aromatic N) is 2. The molecular formula is C29H31F5N2O3. The summed E-state index contributed by atoms with van der Waals surface area (Å²) in [4.78, 5) is 31.0. The highest BCUT2D eigenvalue weighted by Gasteiger charge is 2.58. The van der Waals surface area contributed by atoms with Crippen molar-refractivity contribution in [2.45, 2.75) is 87.3 Å². The summed E-state index contributed by atoms with van der Waals surface area (Å²) in [6.45, 7) is 0.773. The van der Waals surface area contributed by atoms with Crippen LogP contribution in [-0.2, 0) is 33.5 Å². The van der Waals surface area contributed by atoms with Crippen molar-refractivity contribution in [1.29, 1.82) is 0 Å². The van der Waals surface area contributed by atoms with Gasteiger partial charge in [-0.15, -0.1) is 0 Å². The number of carbonyl (C=O) groups excluding carboxylic acids is 1. The molecule has 0 radical (unpaired) electrons. The van der Waals surface area contributed by atoms with Gasteiger partial charge in [0, 0.05) is 36.3 Å². The highest BCUT2D eigenvalue weighted by molar-refractivity contribution is 5.86. The van der Waals surface area contributed by atoms with Gasteiger partial charge in [-0.25, -0.2) is 8.78 Å². The lowest BCUT2D eigenvalue weighted by Crippen LogP contribution is -2.55. The van der Waals surface area contributed by atoms with Crippen LogP contribution >= 0.6 is 0 Å². The molecule has 1 amide bonds. The van der Waals surface area contributed by atoms with Crippen molar-refractivity contribution in [3.63, 3.8) is 0 Å². The van der Waals surface area contributed by atoms with Crippen molar-refractivity contribution in [1.82, 2.24) is 9.88 Å². The van der Waals surface area contributed by atoms with E-state index < -0.39 is 52.3 Å². The predicted molar refractivity (Wildman–Crippen MR) is 132 cm³/mol. The number of halogens is 5. The van der Waals surface area contributed by atoms with Crippen LogP contribution in [0.1, 0.15) is 67.8 Å². The molecule has 2 heterocycles. The molecule has 3 unspecified atom stereocenters. The summed E-state index contributed by atoms with van der Waals surface area (Å²) in [5.74, 6) is -2.30. The number of rotatable bonds is 5. The maximum absolute atomic E-state index is 16.0. The fourth-order valence-electron chi connectivity index (χ4n) is 6.89. The Labute approximate surface area is 223 Å². The summed E-state index contributed by atoms with van der Waals surface area (Å²) in [5.41, 5.74) is -4.79. The zero-order valence-corrected chi connectivity index (χ0v) is 21.6. The molecule has 3 aliphatic rings. The van der Waals surface area contributed by atoms with Gasteiger partial charge in [-0.2, -0.15) is 13.2 Å². The number of carboxylic acid groups (broad SMARTS) is 1. The van der Waals surface area contributed by atoms with Crippen LogP contribution in [0, 0.1) is 5.92 Å². The number of likely N-dealkylation sites (tertiary alicyclic amines) is 1. The maximum Gasteiger partial charge on any atom is 0.426 e. The van der Waals surface area contributed by atoms with Crippen molar-refractivity contribution in [3.8, 4) is 0 Å². The van der Waals surface area contributed by atoms with Crippen molar-refractivity contribution >= 4 is 11.9 Å². The maximum atomic E-state index is 16.0. The van der Waals surface area contributed by atoms with Gasteiger partial charge in [-0.1, -0.05) is 24.3 Å². The molecule has 2 fully saturated rings. The molecule has 1 aliphatic heterocycles. The zero-order chi connectivity index (χ0) is 28.2. The Kier molecular flexibility index (Phi) is 6.74. The van der Waals surface area contributed by atoms with Crippen LogP contribution in [0.3, 0.4) is 0 Å². The van der Waals surface area contributed by atoms with Gasteiger partial charge in [0.2, 0.25) is 5.67 Å². The first kappa shape index (κ1) is 27.5. The molecule has 39 heavy (non-hydrogen) atoms. The van der Waals surface area contributed by atoms with Gasteiger partial charge in [0.15, 0.2) is 5.67 Å². The number of pyridine rings is 1. The molecule has 10 heteroatoms. The number of benzene rings is 1. The second kappa shape index (κ2) is 9.55. The number of aromatic nitrogens is 1. The third-order valence-corrected chi connectivity index (χ3v) is 9.21. The summed E-state index contributed by atoms with van der Waals surface area (Å²) in [6.07, 6.45) is -2.04. The summed E-state index contributed by atoms with van der Waals surface area (Å²) in [6, 6.07) is 9.01. The average molecular weight is 551 g/mol. The first-order valence-electron chi connectivity index (χ1n) is 13.3. The minimum absolute atomic E-state index is 0.0853. The van der Waals surface area contributed by atoms with Gasteiger partial charge in [0.05, 0.1) is 5.92 Å². The number of alkyl halides is 5. The van der Waals surface area contributed by atoms with E-state index in [4.69, 9.17) is 0 Å². The van der Waals surface area contributed by atoms with Crippen LogP contribution in [0.4, 0.5) is 22.0 Å². The molecule has 1 saturated carbocycles. The SMILES string of the molecule is CC(F)(c1ccc2c(c1)CCC1N(C(=O)[C@]3(F)CC[C@@H](C(=O)O)CC3)CCC21Cc1ccccn1)C(F)(F)F. The van der Waals surface area contributed by atoms with Crippen LogP contribution < -0.4 is 0 Å². The van der Waals surface area contributed by atoms with E-state index in [9.17, 15) is 32.3 Å². The summed E-state index contributed by atoms with van der Waals surface area (Å²) in [5, 5.41) is 9.28. The number of fused-ring (bicyclic) bond motifs is 3. The number of carboxylic acids is 1. The van der Waals surface area contributed by atoms with Crippen LogP contribution in [0.25, 0.3) is 0 Å². The Bertz CT molecular complexity index is 1260. The third-order valence-electron chi connectivity index (χ3n) is 9.21. The minimum atomic E-state index is -5.07. The minimum Gasteiger partial charge on any atom is -0.481 e. The van der Waals surface area contributed by atoms with E-state index in [1.807, 2.05) is 12.1 Å². The molecule has 1 aromatic carbocycles. The molecule has 3 atom stereocenters. The lowest BCUT2D eigenvalue weighted by molar-refractivity contribution is -0.228. The second-order valence-corrected chi connectivity index (χ2v) is 11.4. The number of hydrogen-bond acceptors (Lipinski definition) is 3. The monoisotopic (exact) mass is 550 g/mol. The highest BCUT2D eigenvalue weighted by atomic mass is 19.4. The number of aliphatic carboxylic acids is 1. The van der Waals surface area contributed by atoms with E-state index in [0.29, 0.717) is 38.2 Å². The molecule has 1 aromatic heterocycles. The molecule has 1 N–H and O–H groups in total. The normalized spacial score (nSPS) is 30.3. The number of hydrogen-bond donors (Lipinski definition) is 1. The lowest BCUT2D eigenvalue weighted by atomic mass is 9.64. The van der Waals surface area contributed by atoms with Gasteiger partial charge in [-0.05, 0) is 80.7 Å². The van der Waals surface area contributed by atoms with E-state index in [0.717, 1.165) is 11.3 Å². The highest BCUT2D eigenvalue weighted by Crippen LogP contribution is 2.52. The lowest BCUT2D eigenvalue weighted by Gasteiger charge is -2.45. The van der Waals surface area contributed by atoms with Crippen molar-refractivity contribution in [3.05, 3.63) is 65.0 Å². The summed E-state index contributed by atoms with van der Waals surface area (Å²) in [7, 11) is 0. The van der Waals surface area contributed by atoms with Gasteiger partial charge in [0.25, 0.3) is 5.91 Å². The Hall–Kier alpha value is -3.04. The van der Waals surface area contributed by atoms with Crippen LogP contribution in [0.15, 0.2) is 42.6 Å². The molecular weight excluding hydrogens is 519 g/mol. The Balaban J connectivity index is 1.51. The van der Waals surface area contributed by atoms with Gasteiger partial charge in [0.1, 0.15) is 0 Å². The topological polar surface area (TPSA) is 70.5 Å². The molecule has 0 bridgehead atoms. The number of amides is 1. The molecule has 5 nitrogen and oxygen atoms in total. The molecule has 5 rings (SSSR count). The number of aryl methyl sites for hydroxylation is 1. The Morgan fingerprint density at radius 2 is 1.79 bits per heavy atom. The standard InChI is InChI=1S/C29H31F5N2O3/c1-26(30,29(32,33)34)20-6-7-22-19(16-20)5-8-23-27(22,17-21-4-2-3-14-35-21)13-15-36(23)25(39)28(31)11-9-18(10-12-28)24(37)38/h2-4,6-7,14,16,18,23H,5,8-13,15,17H2,1H3,(H,37,38)/t18-,23?,26?,27?,28+. The van der Waals surface area contributed by atoms with E-state index >= 15 is 4.39 Å². The fraction of sp³-hybridized carbons (Fsp3) is 0.552. The van der Waals surface area contributed by atoms with Gasteiger partial charge in [-0.3, -0.25) is 14.6 Å². The number of carbonyl (C=O) groups is 2. The quantitative estimate of drug-likeness (QED) is 0.475. The largest absolute Gasteiger partial charge is 0.481 e. The van der Waals surface area contributed by atoms with Crippen LogP contribution in [0.5, 0.6) is 0 Å². The van der Waals surface area contributed by atoms with Crippen molar-refractivity contribution in [2.75, 3.05) is 6.54 Å². The first-order chi connectivity index (χ1) is 18.3. The molecule has 0 spiro atoms. The average Bonchev–Trinajstić information content (AvgIpc) is 3.27. The smallest absolute Gasteiger partial charge is 0.426 e. The fourth-order valence-corrected chi connectivity index (χ4v) is 6.89.